The molecule has 3 aromatic rings. The van der Waals surface area contributed by atoms with Crippen molar-refractivity contribution in [3.63, 3.8) is 0 Å². The van der Waals surface area contributed by atoms with Crippen molar-refractivity contribution >= 4 is 5.91 Å². The number of nitrogens with one attached hydrogen (secondary N) is 1. The van der Waals surface area contributed by atoms with Crippen molar-refractivity contribution in [2.75, 3.05) is 20.2 Å². The van der Waals surface area contributed by atoms with Crippen LogP contribution in [-0.2, 0) is 0 Å². The van der Waals surface area contributed by atoms with Gasteiger partial charge in [0, 0.05) is 30.8 Å². The lowest BCUT2D eigenvalue weighted by Gasteiger charge is -2.31. The lowest BCUT2D eigenvalue weighted by atomic mass is 9.95. The number of nitrogens with zero attached hydrogens (tertiary/aromatic N) is 4. The number of aromatic nitrogens is 4. The van der Waals surface area contributed by atoms with Gasteiger partial charge in [0.25, 0.3) is 5.91 Å². The summed E-state index contributed by atoms with van der Waals surface area (Å²) < 4.78 is 6.48. The third-order valence-electron chi connectivity index (χ3n) is 4.99. The molecule has 1 aromatic carbocycles. The number of rotatable bonds is 4. The number of hydrogen-bond acceptors (Lipinski definition) is 5. The van der Waals surface area contributed by atoms with Crippen LogP contribution in [0, 0.1) is 0 Å². The van der Waals surface area contributed by atoms with E-state index in [1.807, 2.05) is 23.1 Å². The molecule has 1 aliphatic rings. The molecule has 3 heterocycles. The van der Waals surface area contributed by atoms with Gasteiger partial charge in [-0.15, -0.1) is 5.10 Å². The van der Waals surface area contributed by atoms with E-state index in [0.29, 0.717) is 36.0 Å². The molecule has 0 bridgehead atoms. The highest BCUT2D eigenvalue weighted by molar-refractivity contribution is 5.94. The van der Waals surface area contributed by atoms with Crippen LogP contribution in [0.5, 0.6) is 5.75 Å². The molecule has 1 saturated heterocycles. The summed E-state index contributed by atoms with van der Waals surface area (Å²) in [6.45, 7) is 1.22. The summed E-state index contributed by atoms with van der Waals surface area (Å²) in [6, 6.07) is 12.5. The van der Waals surface area contributed by atoms with Gasteiger partial charge in [0.1, 0.15) is 11.6 Å². The second-order valence-electron chi connectivity index (χ2n) is 6.71. The van der Waals surface area contributed by atoms with Crippen molar-refractivity contribution in [2.24, 2.45) is 0 Å². The standard InChI is InChI=1S/C20H21N5O3/c1-28-16-6-4-5-15(13-16)19(26)24-11-8-14(9-12-24)18-22-20(27)25(23-18)17-7-2-3-10-21-17/h2-7,10,13-14H,8-9,11-12H2,1H3,(H,22,23,27). The van der Waals surface area contributed by atoms with Crippen molar-refractivity contribution in [1.82, 2.24) is 24.6 Å². The van der Waals surface area contributed by atoms with Crippen LogP contribution in [0.1, 0.15) is 34.9 Å². The number of carbonyl (C=O) groups is 1. The molecule has 4 rings (SSSR count). The van der Waals surface area contributed by atoms with Gasteiger partial charge in [0.15, 0.2) is 5.82 Å². The number of methoxy groups -OCH3 is 1. The molecular weight excluding hydrogens is 358 g/mol. The highest BCUT2D eigenvalue weighted by Crippen LogP contribution is 2.26. The van der Waals surface area contributed by atoms with Gasteiger partial charge in [-0.2, -0.15) is 4.68 Å². The molecular formula is C20H21N5O3. The van der Waals surface area contributed by atoms with E-state index >= 15 is 0 Å². The molecule has 1 N–H and O–H groups in total. The van der Waals surface area contributed by atoms with Crippen LogP contribution < -0.4 is 10.4 Å². The Bertz CT molecular complexity index is 1020. The van der Waals surface area contributed by atoms with Crippen molar-refractivity contribution < 1.29 is 9.53 Å². The van der Waals surface area contributed by atoms with Crippen LogP contribution in [0.3, 0.4) is 0 Å². The van der Waals surface area contributed by atoms with Gasteiger partial charge in [-0.3, -0.25) is 9.78 Å². The minimum atomic E-state index is -0.302. The number of benzene rings is 1. The van der Waals surface area contributed by atoms with Gasteiger partial charge in [-0.25, -0.2) is 9.78 Å². The number of hydrogen-bond donors (Lipinski definition) is 1. The third-order valence-corrected chi connectivity index (χ3v) is 4.99. The van der Waals surface area contributed by atoms with Crippen LogP contribution in [0.2, 0.25) is 0 Å². The molecule has 1 fully saturated rings. The van der Waals surface area contributed by atoms with E-state index in [-0.39, 0.29) is 17.5 Å². The van der Waals surface area contributed by atoms with Gasteiger partial charge in [0.2, 0.25) is 0 Å². The summed E-state index contributed by atoms with van der Waals surface area (Å²) in [5.74, 6) is 1.89. The maximum atomic E-state index is 12.7. The topological polar surface area (TPSA) is 93.1 Å². The molecule has 8 nitrogen and oxygen atoms in total. The van der Waals surface area contributed by atoms with E-state index in [0.717, 1.165) is 12.8 Å². The molecule has 0 atom stereocenters. The van der Waals surface area contributed by atoms with Crippen LogP contribution in [0.4, 0.5) is 0 Å². The van der Waals surface area contributed by atoms with E-state index in [9.17, 15) is 9.59 Å². The first kappa shape index (κ1) is 18.0. The lowest BCUT2D eigenvalue weighted by molar-refractivity contribution is 0.0710. The largest absolute Gasteiger partial charge is 0.497 e. The molecule has 2 aromatic heterocycles. The normalized spacial score (nSPS) is 14.8. The number of pyridine rings is 1. The molecule has 8 heteroatoms. The molecule has 0 saturated carbocycles. The summed E-state index contributed by atoms with van der Waals surface area (Å²) in [7, 11) is 1.58. The van der Waals surface area contributed by atoms with Crippen LogP contribution >= 0.6 is 0 Å². The Hall–Kier alpha value is -3.42. The highest BCUT2D eigenvalue weighted by atomic mass is 16.5. The van der Waals surface area contributed by atoms with Crippen molar-refractivity contribution in [1.29, 1.82) is 0 Å². The average Bonchev–Trinajstić information content (AvgIpc) is 3.15. The number of ether oxygens (including phenoxy) is 1. The predicted octanol–water partition coefficient (Wildman–Crippen LogP) is 1.98. The van der Waals surface area contributed by atoms with Crippen LogP contribution in [0.25, 0.3) is 5.82 Å². The van der Waals surface area contributed by atoms with Crippen LogP contribution in [0.15, 0.2) is 53.5 Å². The van der Waals surface area contributed by atoms with E-state index in [1.165, 1.54) is 4.68 Å². The number of likely N-dealkylation sites (tertiary alicyclic amines) is 1. The zero-order chi connectivity index (χ0) is 19.5. The Balaban J connectivity index is 1.44. The molecule has 0 aliphatic carbocycles. The average molecular weight is 379 g/mol. The Labute approximate surface area is 161 Å². The first-order valence-electron chi connectivity index (χ1n) is 9.19. The quantitative estimate of drug-likeness (QED) is 0.748. The Morgan fingerprint density at radius 1 is 1.18 bits per heavy atom. The highest BCUT2D eigenvalue weighted by Gasteiger charge is 2.27. The van der Waals surface area contributed by atoms with Gasteiger partial charge in [-0.05, 0) is 43.2 Å². The maximum absolute atomic E-state index is 12.7. The molecule has 0 spiro atoms. The number of piperidine rings is 1. The van der Waals surface area contributed by atoms with Gasteiger partial charge < -0.3 is 9.64 Å². The number of aromatic amines is 1. The van der Waals surface area contributed by atoms with Crippen molar-refractivity contribution in [3.8, 4) is 11.6 Å². The molecule has 144 valence electrons. The van der Waals surface area contributed by atoms with Crippen LogP contribution in [-0.4, -0.2) is 50.8 Å². The second kappa shape index (κ2) is 7.67. The zero-order valence-electron chi connectivity index (χ0n) is 15.5. The van der Waals surface area contributed by atoms with E-state index in [4.69, 9.17) is 4.74 Å². The second-order valence-corrected chi connectivity index (χ2v) is 6.71. The first-order chi connectivity index (χ1) is 13.7. The number of carbonyl (C=O) groups excluding carboxylic acids is 1. The summed E-state index contributed by atoms with van der Waals surface area (Å²) in [5.41, 5.74) is 0.314. The van der Waals surface area contributed by atoms with E-state index in [2.05, 4.69) is 15.1 Å². The zero-order valence-corrected chi connectivity index (χ0v) is 15.5. The molecule has 28 heavy (non-hydrogen) atoms. The third kappa shape index (κ3) is 3.53. The monoisotopic (exact) mass is 379 g/mol. The summed E-state index contributed by atoms with van der Waals surface area (Å²) >= 11 is 0. The van der Waals surface area contributed by atoms with E-state index < -0.39 is 0 Å². The SMILES string of the molecule is COc1cccc(C(=O)N2CCC(c3nn(-c4ccccn4)c(=O)[nH]3)CC2)c1. The van der Waals surface area contributed by atoms with Crippen molar-refractivity contribution in [2.45, 2.75) is 18.8 Å². The molecule has 1 aliphatic heterocycles. The Kier molecular flexibility index (Phi) is 4.92. The minimum Gasteiger partial charge on any atom is -0.497 e. The maximum Gasteiger partial charge on any atom is 0.349 e. The van der Waals surface area contributed by atoms with E-state index in [1.54, 1.807) is 37.6 Å². The number of H-pyrrole nitrogens is 1. The summed E-state index contributed by atoms with van der Waals surface area (Å²) in [6.07, 6.45) is 3.11. The minimum absolute atomic E-state index is 0.00939. The van der Waals surface area contributed by atoms with Gasteiger partial charge in [-0.1, -0.05) is 12.1 Å². The fourth-order valence-electron chi connectivity index (χ4n) is 3.45. The molecule has 0 radical (unpaired) electrons. The van der Waals surface area contributed by atoms with Gasteiger partial charge in [0.05, 0.1) is 7.11 Å². The lowest BCUT2D eigenvalue weighted by Crippen LogP contribution is -2.38. The fraction of sp³-hybridized carbons (Fsp3) is 0.300. The Morgan fingerprint density at radius 3 is 2.71 bits per heavy atom. The molecule has 1 amide bonds. The fourth-order valence-corrected chi connectivity index (χ4v) is 3.45. The van der Waals surface area contributed by atoms with Gasteiger partial charge >= 0.3 is 5.69 Å². The summed E-state index contributed by atoms with van der Waals surface area (Å²) in [5, 5.41) is 4.42. The summed E-state index contributed by atoms with van der Waals surface area (Å²) in [4.78, 5) is 33.8. The first-order valence-corrected chi connectivity index (χ1v) is 9.19. The Morgan fingerprint density at radius 2 is 2.00 bits per heavy atom. The van der Waals surface area contributed by atoms with Crippen molar-refractivity contribution in [3.05, 3.63) is 70.5 Å². The molecule has 0 unspecified atom stereocenters. The number of amides is 1. The smallest absolute Gasteiger partial charge is 0.349 e. The predicted molar refractivity (Wildman–Crippen MR) is 103 cm³/mol.